The van der Waals surface area contributed by atoms with Crippen LogP contribution in [0.3, 0.4) is 0 Å². The predicted octanol–water partition coefficient (Wildman–Crippen LogP) is 3.54. The van der Waals surface area contributed by atoms with Crippen LogP contribution >= 0.6 is 0 Å². The third kappa shape index (κ3) is 2.78. The smallest absolute Gasteiger partial charge is 0.161 e. The Balaban J connectivity index is 1.83. The van der Waals surface area contributed by atoms with Gasteiger partial charge in [0.15, 0.2) is 11.5 Å². The van der Waals surface area contributed by atoms with Gasteiger partial charge in [0.2, 0.25) is 0 Å². The summed E-state index contributed by atoms with van der Waals surface area (Å²) in [5, 5.41) is 3.51. The van der Waals surface area contributed by atoms with E-state index in [1.54, 1.807) is 0 Å². The normalized spacial score (nSPS) is 27.1. The number of benzene rings is 1. The van der Waals surface area contributed by atoms with Gasteiger partial charge in [0.05, 0.1) is 13.2 Å². The van der Waals surface area contributed by atoms with Crippen molar-refractivity contribution in [2.75, 3.05) is 20.3 Å². The Labute approximate surface area is 121 Å². The molecule has 1 heterocycles. The van der Waals surface area contributed by atoms with Crippen molar-refractivity contribution in [1.29, 1.82) is 0 Å². The summed E-state index contributed by atoms with van der Waals surface area (Å²) in [7, 11) is 2.07. The zero-order chi connectivity index (χ0) is 13.9. The van der Waals surface area contributed by atoms with Crippen LogP contribution in [0.25, 0.3) is 0 Å². The Morgan fingerprint density at radius 2 is 1.95 bits per heavy atom. The molecule has 1 fully saturated rings. The van der Waals surface area contributed by atoms with Gasteiger partial charge in [0, 0.05) is 12.5 Å². The predicted molar refractivity (Wildman–Crippen MR) is 80.4 cm³/mol. The molecule has 1 aromatic rings. The second-order valence-corrected chi connectivity index (χ2v) is 6.20. The van der Waals surface area contributed by atoms with E-state index in [-0.39, 0.29) is 0 Å². The first-order chi connectivity index (χ1) is 9.78. The summed E-state index contributed by atoms with van der Waals surface area (Å²) in [4.78, 5) is 0. The van der Waals surface area contributed by atoms with Gasteiger partial charge >= 0.3 is 0 Å². The molecule has 3 unspecified atom stereocenters. The average Bonchev–Trinajstić information content (AvgIpc) is 2.75. The molecular weight excluding hydrogens is 250 g/mol. The molecule has 0 spiro atoms. The zero-order valence-corrected chi connectivity index (χ0v) is 12.5. The van der Waals surface area contributed by atoms with Crippen LogP contribution in [0.2, 0.25) is 0 Å². The standard InChI is InChI=1S/C17H25NO2/c1-12-4-5-13(10-12)17(18-2)14-6-7-15-16(11-14)20-9-3-8-19-15/h6-7,11-13,17-18H,3-5,8-10H2,1-2H3. The second-order valence-electron chi connectivity index (χ2n) is 6.20. The van der Waals surface area contributed by atoms with E-state index in [4.69, 9.17) is 9.47 Å². The SMILES string of the molecule is CNC(c1ccc2c(c1)OCCCO2)C1CCC(C)C1. The number of nitrogens with one attached hydrogen (secondary N) is 1. The van der Waals surface area contributed by atoms with Crippen molar-refractivity contribution >= 4 is 0 Å². The van der Waals surface area contributed by atoms with E-state index in [2.05, 4.69) is 37.5 Å². The van der Waals surface area contributed by atoms with Crippen molar-refractivity contribution in [2.24, 2.45) is 11.8 Å². The molecule has 110 valence electrons. The molecule has 0 aromatic heterocycles. The molecule has 0 radical (unpaired) electrons. The molecule has 3 rings (SSSR count). The van der Waals surface area contributed by atoms with Crippen LogP contribution < -0.4 is 14.8 Å². The van der Waals surface area contributed by atoms with E-state index in [1.807, 2.05) is 0 Å². The zero-order valence-electron chi connectivity index (χ0n) is 12.5. The molecule has 1 N–H and O–H groups in total. The molecule has 2 aliphatic rings. The summed E-state index contributed by atoms with van der Waals surface area (Å²) in [6, 6.07) is 6.86. The molecule has 20 heavy (non-hydrogen) atoms. The first kappa shape index (κ1) is 13.7. The van der Waals surface area contributed by atoms with Crippen LogP contribution in [-0.4, -0.2) is 20.3 Å². The van der Waals surface area contributed by atoms with E-state index in [1.165, 1.54) is 24.8 Å². The molecule has 0 amide bonds. The van der Waals surface area contributed by atoms with E-state index in [0.717, 1.165) is 43.0 Å². The van der Waals surface area contributed by atoms with Gasteiger partial charge in [-0.3, -0.25) is 0 Å². The van der Waals surface area contributed by atoms with Gasteiger partial charge in [-0.25, -0.2) is 0 Å². The minimum absolute atomic E-state index is 0.428. The average molecular weight is 275 g/mol. The molecule has 1 aromatic carbocycles. The Hall–Kier alpha value is -1.22. The lowest BCUT2D eigenvalue weighted by molar-refractivity contribution is 0.296. The summed E-state index contributed by atoms with van der Waals surface area (Å²) < 4.78 is 11.5. The van der Waals surface area contributed by atoms with Crippen molar-refractivity contribution in [3.8, 4) is 11.5 Å². The van der Waals surface area contributed by atoms with E-state index in [9.17, 15) is 0 Å². The van der Waals surface area contributed by atoms with Gasteiger partial charge in [0.25, 0.3) is 0 Å². The van der Waals surface area contributed by atoms with Crippen molar-refractivity contribution in [3.05, 3.63) is 23.8 Å². The summed E-state index contributed by atoms with van der Waals surface area (Å²) in [5.74, 6) is 3.39. The summed E-state index contributed by atoms with van der Waals surface area (Å²) in [5.41, 5.74) is 1.33. The third-order valence-corrected chi connectivity index (χ3v) is 4.65. The molecule has 3 atom stereocenters. The van der Waals surface area contributed by atoms with E-state index in [0.29, 0.717) is 6.04 Å². The molecule has 1 saturated carbocycles. The van der Waals surface area contributed by atoms with Crippen LogP contribution in [0.4, 0.5) is 0 Å². The third-order valence-electron chi connectivity index (χ3n) is 4.65. The van der Waals surface area contributed by atoms with Crippen molar-refractivity contribution < 1.29 is 9.47 Å². The molecule has 1 aliphatic heterocycles. The Bertz CT molecular complexity index is 460. The van der Waals surface area contributed by atoms with E-state index < -0.39 is 0 Å². The highest BCUT2D eigenvalue weighted by Crippen LogP contribution is 2.41. The van der Waals surface area contributed by atoms with Crippen LogP contribution in [0.15, 0.2) is 18.2 Å². The highest BCUT2D eigenvalue weighted by molar-refractivity contribution is 5.44. The highest BCUT2D eigenvalue weighted by Gasteiger charge is 2.29. The van der Waals surface area contributed by atoms with Gasteiger partial charge < -0.3 is 14.8 Å². The fourth-order valence-corrected chi connectivity index (χ4v) is 3.60. The Morgan fingerprint density at radius 3 is 2.65 bits per heavy atom. The minimum atomic E-state index is 0.428. The van der Waals surface area contributed by atoms with Gasteiger partial charge in [-0.1, -0.05) is 19.4 Å². The lowest BCUT2D eigenvalue weighted by atomic mass is 9.91. The van der Waals surface area contributed by atoms with Crippen LogP contribution in [0.1, 0.15) is 44.2 Å². The largest absolute Gasteiger partial charge is 0.490 e. The van der Waals surface area contributed by atoms with Gasteiger partial charge in [-0.2, -0.15) is 0 Å². The van der Waals surface area contributed by atoms with E-state index >= 15 is 0 Å². The van der Waals surface area contributed by atoms with Crippen LogP contribution in [0.5, 0.6) is 11.5 Å². The topological polar surface area (TPSA) is 30.5 Å². The summed E-state index contributed by atoms with van der Waals surface area (Å²) >= 11 is 0. The lowest BCUT2D eigenvalue weighted by Gasteiger charge is -2.24. The second kappa shape index (κ2) is 6.04. The maximum atomic E-state index is 5.81. The van der Waals surface area contributed by atoms with Crippen LogP contribution in [0, 0.1) is 11.8 Å². The maximum absolute atomic E-state index is 5.81. The molecular formula is C17H25NO2. The molecule has 1 aliphatic carbocycles. The van der Waals surface area contributed by atoms with Gasteiger partial charge in [-0.05, 0) is 49.4 Å². The van der Waals surface area contributed by atoms with Crippen LogP contribution in [-0.2, 0) is 0 Å². The number of hydrogen-bond donors (Lipinski definition) is 1. The molecule has 0 saturated heterocycles. The quantitative estimate of drug-likeness (QED) is 0.915. The van der Waals surface area contributed by atoms with Gasteiger partial charge in [-0.15, -0.1) is 0 Å². The summed E-state index contributed by atoms with van der Waals surface area (Å²) in [6.07, 6.45) is 4.95. The number of fused-ring (bicyclic) bond motifs is 1. The fourth-order valence-electron chi connectivity index (χ4n) is 3.60. The monoisotopic (exact) mass is 275 g/mol. The maximum Gasteiger partial charge on any atom is 0.161 e. The van der Waals surface area contributed by atoms with Crippen molar-refractivity contribution in [1.82, 2.24) is 5.32 Å². The fraction of sp³-hybridized carbons (Fsp3) is 0.647. The number of rotatable bonds is 3. The van der Waals surface area contributed by atoms with Crippen molar-refractivity contribution in [2.45, 2.75) is 38.6 Å². The Morgan fingerprint density at radius 1 is 1.15 bits per heavy atom. The molecule has 0 bridgehead atoms. The van der Waals surface area contributed by atoms with Gasteiger partial charge in [0.1, 0.15) is 0 Å². The number of hydrogen-bond acceptors (Lipinski definition) is 3. The number of ether oxygens (including phenoxy) is 2. The highest BCUT2D eigenvalue weighted by atomic mass is 16.5. The first-order valence-corrected chi connectivity index (χ1v) is 7.84. The first-order valence-electron chi connectivity index (χ1n) is 7.84. The summed E-state index contributed by atoms with van der Waals surface area (Å²) in [6.45, 7) is 3.86. The van der Waals surface area contributed by atoms with Crippen molar-refractivity contribution in [3.63, 3.8) is 0 Å². The molecule has 3 nitrogen and oxygen atoms in total. The Kier molecular flexibility index (Phi) is 4.16. The minimum Gasteiger partial charge on any atom is -0.490 e. The molecule has 3 heteroatoms. The lowest BCUT2D eigenvalue weighted by Crippen LogP contribution is -2.23.